The number of carboxylic acid groups (broad SMARTS) is 1. The van der Waals surface area contributed by atoms with Crippen LogP contribution in [0.3, 0.4) is 0 Å². The summed E-state index contributed by atoms with van der Waals surface area (Å²) < 4.78 is 0. The predicted octanol–water partition coefficient (Wildman–Crippen LogP) is 3.98. The highest BCUT2D eigenvalue weighted by molar-refractivity contribution is 5.92. The number of carbonyl (C=O) groups is 1. The third-order valence-electron chi connectivity index (χ3n) is 3.24. The Kier molecular flexibility index (Phi) is 3.19. The van der Waals surface area contributed by atoms with Gasteiger partial charge in [0.05, 0.1) is 5.56 Å². The van der Waals surface area contributed by atoms with E-state index in [-0.39, 0.29) is 0 Å². The molecule has 2 rings (SSSR count). The van der Waals surface area contributed by atoms with Crippen molar-refractivity contribution < 1.29 is 9.90 Å². The van der Waals surface area contributed by atoms with E-state index in [1.807, 2.05) is 13.0 Å². The molecule has 0 heterocycles. The third-order valence-corrected chi connectivity index (χ3v) is 3.24. The molecule has 0 aliphatic rings. The molecule has 2 aromatic carbocycles. The van der Waals surface area contributed by atoms with Crippen LogP contribution >= 0.6 is 0 Å². The van der Waals surface area contributed by atoms with E-state index in [0.29, 0.717) is 5.56 Å². The van der Waals surface area contributed by atoms with E-state index >= 15 is 0 Å². The molecule has 18 heavy (non-hydrogen) atoms. The van der Waals surface area contributed by atoms with Crippen molar-refractivity contribution in [2.75, 3.05) is 0 Å². The van der Waals surface area contributed by atoms with Gasteiger partial charge >= 0.3 is 5.97 Å². The van der Waals surface area contributed by atoms with Gasteiger partial charge in [0.25, 0.3) is 0 Å². The zero-order chi connectivity index (χ0) is 13.3. The van der Waals surface area contributed by atoms with E-state index in [1.165, 1.54) is 11.1 Å². The fourth-order valence-electron chi connectivity index (χ4n) is 2.27. The fourth-order valence-corrected chi connectivity index (χ4v) is 2.27. The van der Waals surface area contributed by atoms with Gasteiger partial charge in [0.2, 0.25) is 0 Å². The number of hydrogen-bond acceptors (Lipinski definition) is 1. The molecular weight excluding hydrogens is 224 g/mol. The van der Waals surface area contributed by atoms with Crippen molar-refractivity contribution in [3.63, 3.8) is 0 Å². The minimum absolute atomic E-state index is 0.368. The van der Waals surface area contributed by atoms with Crippen LogP contribution in [0.25, 0.3) is 11.1 Å². The fraction of sp³-hybridized carbons (Fsp3) is 0.188. The number of benzene rings is 2. The monoisotopic (exact) mass is 240 g/mol. The summed E-state index contributed by atoms with van der Waals surface area (Å²) in [4.78, 5) is 11.1. The standard InChI is InChI=1S/C16H16O2/c1-10-7-8-13(11(2)9-10)14-5-4-6-15(12(14)3)16(17)18/h4-9H,1-3H3,(H,17,18). The third kappa shape index (κ3) is 2.14. The summed E-state index contributed by atoms with van der Waals surface area (Å²) in [6.45, 7) is 5.96. The van der Waals surface area contributed by atoms with E-state index in [4.69, 9.17) is 5.11 Å². The first-order chi connectivity index (χ1) is 8.50. The van der Waals surface area contributed by atoms with Gasteiger partial charge in [0.1, 0.15) is 0 Å². The van der Waals surface area contributed by atoms with E-state index < -0.39 is 5.97 Å². The van der Waals surface area contributed by atoms with Crippen LogP contribution in [-0.4, -0.2) is 11.1 Å². The molecule has 2 aromatic rings. The minimum atomic E-state index is -0.876. The van der Waals surface area contributed by atoms with E-state index in [9.17, 15) is 4.79 Å². The summed E-state index contributed by atoms with van der Waals surface area (Å²) in [6, 6.07) is 11.6. The molecule has 0 aliphatic heterocycles. The molecule has 0 saturated heterocycles. The summed E-state index contributed by atoms with van der Waals surface area (Å²) in [5.74, 6) is -0.876. The number of rotatable bonds is 2. The number of hydrogen-bond donors (Lipinski definition) is 1. The molecule has 2 nitrogen and oxygen atoms in total. The Morgan fingerprint density at radius 1 is 1.00 bits per heavy atom. The maximum absolute atomic E-state index is 11.1. The Balaban J connectivity index is 2.64. The normalized spacial score (nSPS) is 10.4. The van der Waals surface area contributed by atoms with Gasteiger partial charge in [-0.2, -0.15) is 0 Å². The molecule has 0 spiro atoms. The largest absolute Gasteiger partial charge is 0.478 e. The lowest BCUT2D eigenvalue weighted by Gasteiger charge is -2.12. The van der Waals surface area contributed by atoms with Gasteiger partial charge < -0.3 is 5.11 Å². The van der Waals surface area contributed by atoms with Crippen LogP contribution in [0.5, 0.6) is 0 Å². The molecular formula is C16H16O2. The van der Waals surface area contributed by atoms with Crippen molar-refractivity contribution in [2.24, 2.45) is 0 Å². The molecule has 1 N–H and O–H groups in total. The molecule has 92 valence electrons. The quantitative estimate of drug-likeness (QED) is 0.862. The Bertz CT molecular complexity index is 612. The van der Waals surface area contributed by atoms with Crippen LogP contribution in [0.2, 0.25) is 0 Å². The topological polar surface area (TPSA) is 37.3 Å². The molecule has 0 amide bonds. The lowest BCUT2D eigenvalue weighted by atomic mass is 9.93. The zero-order valence-electron chi connectivity index (χ0n) is 10.8. The summed E-state index contributed by atoms with van der Waals surface area (Å²) in [7, 11) is 0. The Hall–Kier alpha value is -2.09. The van der Waals surface area contributed by atoms with Gasteiger partial charge in [-0.3, -0.25) is 0 Å². The van der Waals surface area contributed by atoms with Crippen LogP contribution < -0.4 is 0 Å². The first-order valence-corrected chi connectivity index (χ1v) is 5.91. The summed E-state index contributed by atoms with van der Waals surface area (Å²) in [5, 5.41) is 9.15. The minimum Gasteiger partial charge on any atom is -0.478 e. The SMILES string of the molecule is Cc1ccc(-c2cccc(C(=O)O)c2C)c(C)c1. The highest BCUT2D eigenvalue weighted by atomic mass is 16.4. The highest BCUT2D eigenvalue weighted by Crippen LogP contribution is 2.29. The maximum Gasteiger partial charge on any atom is 0.335 e. The van der Waals surface area contributed by atoms with Crippen LogP contribution in [0.4, 0.5) is 0 Å². The second-order valence-electron chi connectivity index (χ2n) is 4.60. The van der Waals surface area contributed by atoms with Gasteiger partial charge in [-0.25, -0.2) is 4.79 Å². The van der Waals surface area contributed by atoms with Crippen LogP contribution in [0.1, 0.15) is 27.0 Å². The number of carboxylic acids is 1. The maximum atomic E-state index is 11.1. The lowest BCUT2D eigenvalue weighted by molar-refractivity contribution is 0.0696. The van der Waals surface area contributed by atoms with E-state index in [2.05, 4.69) is 32.0 Å². The van der Waals surface area contributed by atoms with Crippen molar-refractivity contribution in [1.82, 2.24) is 0 Å². The average Bonchev–Trinajstić information content (AvgIpc) is 2.30. The highest BCUT2D eigenvalue weighted by Gasteiger charge is 2.12. The zero-order valence-corrected chi connectivity index (χ0v) is 10.8. The van der Waals surface area contributed by atoms with Gasteiger partial charge in [0.15, 0.2) is 0 Å². The van der Waals surface area contributed by atoms with Gasteiger partial charge in [-0.15, -0.1) is 0 Å². The van der Waals surface area contributed by atoms with Crippen molar-refractivity contribution in [1.29, 1.82) is 0 Å². The van der Waals surface area contributed by atoms with Crippen LogP contribution in [0, 0.1) is 20.8 Å². The van der Waals surface area contributed by atoms with Gasteiger partial charge in [-0.1, -0.05) is 35.9 Å². The molecule has 0 aromatic heterocycles. The molecule has 2 heteroatoms. The van der Waals surface area contributed by atoms with Crippen LogP contribution in [-0.2, 0) is 0 Å². The summed E-state index contributed by atoms with van der Waals surface area (Å²) in [6.07, 6.45) is 0. The van der Waals surface area contributed by atoms with Gasteiger partial charge in [-0.05, 0) is 49.1 Å². The molecule has 0 saturated carbocycles. The first-order valence-electron chi connectivity index (χ1n) is 5.91. The van der Waals surface area contributed by atoms with Crippen molar-refractivity contribution >= 4 is 5.97 Å². The summed E-state index contributed by atoms with van der Waals surface area (Å²) in [5.41, 5.74) is 5.65. The molecule has 0 atom stereocenters. The number of aryl methyl sites for hydroxylation is 2. The first kappa shape index (κ1) is 12.4. The second-order valence-corrected chi connectivity index (χ2v) is 4.60. The van der Waals surface area contributed by atoms with Crippen LogP contribution in [0.15, 0.2) is 36.4 Å². The second kappa shape index (κ2) is 4.65. The molecule has 0 fully saturated rings. The Morgan fingerprint density at radius 2 is 1.72 bits per heavy atom. The smallest absolute Gasteiger partial charge is 0.335 e. The molecule has 0 radical (unpaired) electrons. The lowest BCUT2D eigenvalue weighted by Crippen LogP contribution is -2.01. The van der Waals surface area contributed by atoms with E-state index in [0.717, 1.165) is 16.7 Å². The molecule has 0 bridgehead atoms. The Morgan fingerprint density at radius 3 is 2.33 bits per heavy atom. The molecule has 0 aliphatic carbocycles. The Labute approximate surface area is 107 Å². The van der Waals surface area contributed by atoms with Gasteiger partial charge in [0, 0.05) is 0 Å². The van der Waals surface area contributed by atoms with Crippen molar-refractivity contribution in [2.45, 2.75) is 20.8 Å². The van der Waals surface area contributed by atoms with Crippen molar-refractivity contribution in [3.8, 4) is 11.1 Å². The summed E-state index contributed by atoms with van der Waals surface area (Å²) >= 11 is 0. The number of aromatic carboxylic acids is 1. The van der Waals surface area contributed by atoms with Crippen molar-refractivity contribution in [3.05, 3.63) is 58.7 Å². The predicted molar refractivity (Wildman–Crippen MR) is 73.0 cm³/mol. The van der Waals surface area contributed by atoms with E-state index in [1.54, 1.807) is 12.1 Å². The molecule has 0 unspecified atom stereocenters. The average molecular weight is 240 g/mol.